The smallest absolute Gasteiger partial charge is 0.409 e. The number of methoxy groups -OCH3 is 1. The first kappa shape index (κ1) is 16.9. The van der Waals surface area contributed by atoms with Gasteiger partial charge in [-0.2, -0.15) is 0 Å². The summed E-state index contributed by atoms with van der Waals surface area (Å²) in [6.45, 7) is 2.63. The topological polar surface area (TPSA) is 75.6 Å². The second-order valence-electron chi connectivity index (χ2n) is 5.75. The molecule has 2 aromatic rings. The minimum Gasteiger partial charge on any atom is -0.453 e. The molecule has 0 saturated carbocycles. The normalized spacial score (nSPS) is 14.8. The van der Waals surface area contributed by atoms with Gasteiger partial charge in [-0.15, -0.1) is 0 Å². The molecule has 1 aliphatic heterocycles. The second-order valence-corrected chi connectivity index (χ2v) is 5.75. The highest BCUT2D eigenvalue weighted by atomic mass is 16.5. The van der Waals surface area contributed by atoms with Gasteiger partial charge < -0.3 is 14.5 Å². The third-order valence-corrected chi connectivity index (χ3v) is 4.14. The Kier molecular flexibility index (Phi) is 5.23. The molecule has 0 spiro atoms. The number of rotatable bonds is 3. The summed E-state index contributed by atoms with van der Waals surface area (Å²) in [5.41, 5.74) is 0.902. The van der Waals surface area contributed by atoms with Crippen molar-refractivity contribution in [2.45, 2.75) is 6.42 Å². The van der Waals surface area contributed by atoms with Gasteiger partial charge in [-0.1, -0.05) is 6.07 Å². The number of hydrogen-bond donors (Lipinski definition) is 0. The first-order valence-electron chi connectivity index (χ1n) is 8.18. The van der Waals surface area contributed by atoms with Crippen molar-refractivity contribution in [3.8, 4) is 0 Å². The van der Waals surface area contributed by atoms with E-state index in [1.807, 2.05) is 12.1 Å². The van der Waals surface area contributed by atoms with E-state index in [0.717, 1.165) is 18.8 Å². The van der Waals surface area contributed by atoms with Crippen molar-refractivity contribution in [2.24, 2.45) is 0 Å². The van der Waals surface area contributed by atoms with Crippen molar-refractivity contribution in [3.05, 3.63) is 54.0 Å². The van der Waals surface area contributed by atoms with Crippen molar-refractivity contribution in [1.29, 1.82) is 0 Å². The summed E-state index contributed by atoms with van der Waals surface area (Å²) < 4.78 is 4.79. The Hall–Kier alpha value is -2.96. The summed E-state index contributed by atoms with van der Waals surface area (Å²) in [7, 11) is 1.39. The number of hydrogen-bond acceptors (Lipinski definition) is 6. The average molecular weight is 340 g/mol. The molecule has 0 radical (unpaired) electrons. The second kappa shape index (κ2) is 7.74. The molecule has 0 bridgehead atoms. The molecule has 0 atom stereocenters. The van der Waals surface area contributed by atoms with Gasteiger partial charge in [-0.05, 0) is 30.7 Å². The number of carbonyl (C=O) groups excluding carboxylic acids is 2. The van der Waals surface area contributed by atoms with Gasteiger partial charge in [0, 0.05) is 44.1 Å². The molecule has 25 heavy (non-hydrogen) atoms. The molecular formula is C18H20N4O3. The number of anilines is 1. The van der Waals surface area contributed by atoms with Crippen LogP contribution in [0, 0.1) is 0 Å². The van der Waals surface area contributed by atoms with Crippen LogP contribution in [-0.2, 0) is 4.74 Å². The lowest BCUT2D eigenvalue weighted by atomic mass is 10.1. The van der Waals surface area contributed by atoms with E-state index in [-0.39, 0.29) is 11.9 Å². The molecule has 0 unspecified atom stereocenters. The molecule has 1 amide bonds. The van der Waals surface area contributed by atoms with Crippen LogP contribution in [0.4, 0.5) is 10.6 Å². The van der Waals surface area contributed by atoms with Crippen molar-refractivity contribution < 1.29 is 14.3 Å². The fourth-order valence-corrected chi connectivity index (χ4v) is 2.83. The van der Waals surface area contributed by atoms with Gasteiger partial charge in [0.25, 0.3) is 0 Å². The number of pyridine rings is 2. The van der Waals surface area contributed by atoms with Crippen LogP contribution in [-0.4, -0.2) is 60.0 Å². The fourth-order valence-electron chi connectivity index (χ4n) is 2.83. The molecule has 0 N–H and O–H groups in total. The maximum Gasteiger partial charge on any atom is 0.409 e. The first-order chi connectivity index (χ1) is 12.2. The summed E-state index contributed by atoms with van der Waals surface area (Å²) in [5.74, 6) is 0.586. The summed E-state index contributed by atoms with van der Waals surface area (Å²) in [6.07, 6.45) is 3.68. The molecule has 130 valence electrons. The van der Waals surface area contributed by atoms with Crippen LogP contribution in [0.15, 0.2) is 42.7 Å². The van der Waals surface area contributed by atoms with Crippen molar-refractivity contribution in [2.75, 3.05) is 38.2 Å². The monoisotopic (exact) mass is 340 g/mol. The van der Waals surface area contributed by atoms with Crippen LogP contribution < -0.4 is 4.90 Å². The zero-order chi connectivity index (χ0) is 17.6. The van der Waals surface area contributed by atoms with Crippen LogP contribution in [0.5, 0.6) is 0 Å². The Balaban J connectivity index is 1.75. The predicted octanol–water partition coefficient (Wildman–Crippen LogP) is 1.99. The molecule has 3 heterocycles. The van der Waals surface area contributed by atoms with Crippen molar-refractivity contribution in [1.82, 2.24) is 14.9 Å². The maximum atomic E-state index is 12.5. The summed E-state index contributed by atoms with van der Waals surface area (Å²) >= 11 is 0. The molecule has 1 fully saturated rings. The van der Waals surface area contributed by atoms with Crippen LogP contribution in [0.2, 0.25) is 0 Å². The Morgan fingerprint density at radius 3 is 2.72 bits per heavy atom. The predicted molar refractivity (Wildman–Crippen MR) is 92.7 cm³/mol. The molecule has 0 aliphatic carbocycles. The quantitative estimate of drug-likeness (QED) is 0.796. The molecule has 0 aromatic carbocycles. The standard InChI is InChI=1S/C18H20N4O3/c1-25-18(24)22-10-4-9-21(11-12-22)16-7-2-6-15(20-16)17(23)14-5-3-8-19-13-14/h2-3,5-8,13H,4,9-12H2,1H3. The maximum absolute atomic E-state index is 12.5. The molecule has 7 heteroatoms. The van der Waals surface area contributed by atoms with Gasteiger partial charge in [0.15, 0.2) is 0 Å². The Bertz CT molecular complexity index is 751. The number of nitrogens with zero attached hydrogens (tertiary/aromatic N) is 4. The highest BCUT2D eigenvalue weighted by Gasteiger charge is 2.21. The highest BCUT2D eigenvalue weighted by Crippen LogP contribution is 2.16. The van der Waals surface area contributed by atoms with Gasteiger partial charge in [0.05, 0.1) is 7.11 Å². The summed E-state index contributed by atoms with van der Waals surface area (Å²) in [5, 5.41) is 0. The van der Waals surface area contributed by atoms with E-state index in [4.69, 9.17) is 4.74 Å². The molecule has 3 rings (SSSR count). The van der Waals surface area contributed by atoms with E-state index in [0.29, 0.717) is 30.9 Å². The number of ketones is 1. The summed E-state index contributed by atoms with van der Waals surface area (Å²) in [4.78, 5) is 36.5. The Labute approximate surface area is 146 Å². The minimum absolute atomic E-state index is 0.152. The van der Waals surface area contributed by atoms with Gasteiger partial charge in [0.2, 0.25) is 5.78 Å². The van der Waals surface area contributed by atoms with Gasteiger partial charge >= 0.3 is 6.09 Å². The van der Waals surface area contributed by atoms with Gasteiger partial charge in [0.1, 0.15) is 11.5 Å². The molecular weight excluding hydrogens is 320 g/mol. The van der Waals surface area contributed by atoms with Crippen LogP contribution >= 0.6 is 0 Å². The molecule has 2 aromatic heterocycles. The van der Waals surface area contributed by atoms with Crippen LogP contribution in [0.3, 0.4) is 0 Å². The number of aromatic nitrogens is 2. The van der Waals surface area contributed by atoms with Gasteiger partial charge in [-0.25, -0.2) is 9.78 Å². The van der Waals surface area contributed by atoms with E-state index in [1.165, 1.54) is 13.3 Å². The zero-order valence-electron chi connectivity index (χ0n) is 14.1. The minimum atomic E-state index is -0.310. The third kappa shape index (κ3) is 3.93. The van der Waals surface area contributed by atoms with E-state index in [2.05, 4.69) is 14.9 Å². The van der Waals surface area contributed by atoms with E-state index >= 15 is 0 Å². The van der Waals surface area contributed by atoms with Crippen molar-refractivity contribution in [3.63, 3.8) is 0 Å². The third-order valence-electron chi connectivity index (χ3n) is 4.14. The zero-order valence-corrected chi connectivity index (χ0v) is 14.1. The van der Waals surface area contributed by atoms with Crippen molar-refractivity contribution >= 4 is 17.7 Å². The lowest BCUT2D eigenvalue weighted by Crippen LogP contribution is -2.35. The molecule has 1 aliphatic rings. The number of ether oxygens (including phenoxy) is 1. The molecule has 1 saturated heterocycles. The highest BCUT2D eigenvalue weighted by molar-refractivity contribution is 6.07. The van der Waals surface area contributed by atoms with E-state index in [1.54, 1.807) is 29.3 Å². The van der Waals surface area contributed by atoms with Crippen LogP contribution in [0.1, 0.15) is 22.5 Å². The summed E-state index contributed by atoms with van der Waals surface area (Å²) in [6, 6.07) is 8.87. The van der Waals surface area contributed by atoms with E-state index in [9.17, 15) is 9.59 Å². The lowest BCUT2D eigenvalue weighted by molar-refractivity contribution is 0.103. The van der Waals surface area contributed by atoms with Gasteiger partial charge in [-0.3, -0.25) is 9.78 Å². The molecule has 7 nitrogen and oxygen atoms in total. The number of amides is 1. The SMILES string of the molecule is COC(=O)N1CCCN(c2cccc(C(=O)c3cccnc3)n2)CC1. The fraction of sp³-hybridized carbons (Fsp3) is 0.333. The Morgan fingerprint density at radius 2 is 1.96 bits per heavy atom. The van der Waals surface area contributed by atoms with Crippen LogP contribution in [0.25, 0.3) is 0 Å². The first-order valence-corrected chi connectivity index (χ1v) is 8.18. The largest absolute Gasteiger partial charge is 0.453 e. The Morgan fingerprint density at radius 1 is 1.08 bits per heavy atom. The van der Waals surface area contributed by atoms with E-state index < -0.39 is 0 Å². The average Bonchev–Trinajstić information content (AvgIpc) is 2.94. The lowest BCUT2D eigenvalue weighted by Gasteiger charge is -2.22. The number of carbonyl (C=O) groups is 2.